The first-order chi connectivity index (χ1) is 10.2. The summed E-state index contributed by atoms with van der Waals surface area (Å²) >= 11 is 1.57. The van der Waals surface area contributed by atoms with E-state index in [0.717, 1.165) is 33.9 Å². The van der Waals surface area contributed by atoms with Crippen LogP contribution in [0.2, 0.25) is 0 Å². The smallest absolute Gasteiger partial charge is 0.228 e. The van der Waals surface area contributed by atoms with Gasteiger partial charge in [0.25, 0.3) is 0 Å². The van der Waals surface area contributed by atoms with Crippen LogP contribution in [0.25, 0.3) is 15.3 Å². The summed E-state index contributed by atoms with van der Waals surface area (Å²) in [5, 5.41) is 8.20. The molecule has 4 rings (SSSR count). The van der Waals surface area contributed by atoms with Gasteiger partial charge in [-0.25, -0.2) is 4.98 Å². The molecule has 1 amide bonds. The van der Waals surface area contributed by atoms with Crippen molar-refractivity contribution in [3.8, 4) is 5.13 Å². The number of benzene rings is 1. The molecule has 0 bridgehead atoms. The van der Waals surface area contributed by atoms with E-state index in [0.29, 0.717) is 5.82 Å². The van der Waals surface area contributed by atoms with Crippen molar-refractivity contribution >= 4 is 33.3 Å². The highest BCUT2D eigenvalue weighted by Gasteiger charge is 2.30. The van der Waals surface area contributed by atoms with Crippen LogP contribution in [-0.2, 0) is 4.79 Å². The molecule has 0 saturated heterocycles. The number of aromatic nitrogens is 3. The van der Waals surface area contributed by atoms with Crippen molar-refractivity contribution in [1.82, 2.24) is 14.8 Å². The number of anilines is 1. The lowest BCUT2D eigenvalue weighted by Crippen LogP contribution is -2.16. The molecule has 2 heterocycles. The van der Waals surface area contributed by atoms with Crippen molar-refractivity contribution in [3.05, 3.63) is 36.0 Å². The van der Waals surface area contributed by atoms with Crippen LogP contribution in [0.15, 0.2) is 30.3 Å². The van der Waals surface area contributed by atoms with Gasteiger partial charge in [-0.15, -0.1) is 0 Å². The molecule has 2 aromatic heterocycles. The molecular formula is C15H14N4OS. The van der Waals surface area contributed by atoms with Gasteiger partial charge in [0.15, 0.2) is 0 Å². The molecule has 5 nitrogen and oxygen atoms in total. The summed E-state index contributed by atoms with van der Waals surface area (Å²) < 4.78 is 2.83. The average molecular weight is 298 g/mol. The van der Waals surface area contributed by atoms with E-state index >= 15 is 0 Å². The van der Waals surface area contributed by atoms with E-state index in [1.807, 2.05) is 37.3 Å². The zero-order chi connectivity index (χ0) is 14.4. The molecule has 21 heavy (non-hydrogen) atoms. The first kappa shape index (κ1) is 12.5. The van der Waals surface area contributed by atoms with Crippen molar-refractivity contribution in [2.45, 2.75) is 19.8 Å². The van der Waals surface area contributed by atoms with Gasteiger partial charge in [0, 0.05) is 12.0 Å². The molecule has 1 N–H and O–H groups in total. The summed E-state index contributed by atoms with van der Waals surface area (Å²) in [7, 11) is 0. The molecule has 1 saturated carbocycles. The number of carbonyl (C=O) groups is 1. The van der Waals surface area contributed by atoms with Crippen molar-refractivity contribution in [2.24, 2.45) is 5.92 Å². The molecule has 0 spiro atoms. The van der Waals surface area contributed by atoms with Crippen LogP contribution in [-0.4, -0.2) is 20.7 Å². The second-order valence-corrected chi connectivity index (χ2v) is 6.32. The zero-order valence-electron chi connectivity index (χ0n) is 11.5. The number of thiazole rings is 1. The number of fused-ring (bicyclic) bond motifs is 1. The van der Waals surface area contributed by atoms with Gasteiger partial charge in [-0.1, -0.05) is 23.5 Å². The van der Waals surface area contributed by atoms with Gasteiger partial charge in [0.1, 0.15) is 5.82 Å². The topological polar surface area (TPSA) is 59.8 Å². The van der Waals surface area contributed by atoms with Crippen molar-refractivity contribution in [1.29, 1.82) is 0 Å². The number of hydrogen-bond acceptors (Lipinski definition) is 4. The lowest BCUT2D eigenvalue weighted by molar-refractivity contribution is -0.117. The largest absolute Gasteiger partial charge is 0.310 e. The summed E-state index contributed by atoms with van der Waals surface area (Å²) in [6.45, 7) is 1.91. The predicted molar refractivity (Wildman–Crippen MR) is 82.8 cm³/mol. The van der Waals surface area contributed by atoms with Gasteiger partial charge in [-0.2, -0.15) is 9.78 Å². The Bertz CT molecular complexity index is 798. The van der Waals surface area contributed by atoms with Gasteiger partial charge in [-0.3, -0.25) is 4.79 Å². The molecule has 1 aliphatic carbocycles. The van der Waals surface area contributed by atoms with Gasteiger partial charge in [0.2, 0.25) is 11.0 Å². The quantitative estimate of drug-likeness (QED) is 0.808. The van der Waals surface area contributed by atoms with Gasteiger partial charge in [-0.05, 0) is 31.9 Å². The Labute approximate surface area is 125 Å². The van der Waals surface area contributed by atoms with Gasteiger partial charge < -0.3 is 5.32 Å². The number of para-hydroxylation sites is 1. The highest BCUT2D eigenvalue weighted by atomic mass is 32.1. The summed E-state index contributed by atoms with van der Waals surface area (Å²) in [4.78, 5) is 16.6. The lowest BCUT2D eigenvalue weighted by atomic mass is 10.3. The third-order valence-electron chi connectivity index (χ3n) is 3.49. The minimum Gasteiger partial charge on any atom is -0.310 e. The van der Waals surface area contributed by atoms with Crippen LogP contribution in [0.4, 0.5) is 5.82 Å². The number of aryl methyl sites for hydroxylation is 1. The summed E-state index contributed by atoms with van der Waals surface area (Å²) in [6, 6.07) is 9.86. The molecule has 6 heteroatoms. The number of hydrogen-bond donors (Lipinski definition) is 1. The summed E-state index contributed by atoms with van der Waals surface area (Å²) in [5.41, 5.74) is 1.81. The Morgan fingerprint density at radius 3 is 2.95 bits per heavy atom. The van der Waals surface area contributed by atoms with Crippen molar-refractivity contribution in [2.75, 3.05) is 5.32 Å². The van der Waals surface area contributed by atoms with E-state index < -0.39 is 0 Å². The Hall–Kier alpha value is -2.21. The first-order valence-corrected chi connectivity index (χ1v) is 7.76. The highest BCUT2D eigenvalue weighted by molar-refractivity contribution is 7.20. The maximum Gasteiger partial charge on any atom is 0.228 e. The van der Waals surface area contributed by atoms with Crippen LogP contribution in [0.1, 0.15) is 18.5 Å². The number of nitrogens with one attached hydrogen (secondary N) is 1. The van der Waals surface area contributed by atoms with Crippen LogP contribution in [0, 0.1) is 12.8 Å². The van der Waals surface area contributed by atoms with E-state index in [4.69, 9.17) is 0 Å². The molecule has 1 aromatic carbocycles. The second kappa shape index (κ2) is 4.66. The van der Waals surface area contributed by atoms with Crippen LogP contribution in [0.3, 0.4) is 0 Å². The number of amides is 1. The van der Waals surface area contributed by atoms with Gasteiger partial charge >= 0.3 is 0 Å². The Morgan fingerprint density at radius 1 is 1.38 bits per heavy atom. The SMILES string of the molecule is Cc1cc(NC(=O)C2CC2)n(-c2nc3ccccc3s2)n1. The Balaban J connectivity index is 1.74. The van der Waals surface area contributed by atoms with Crippen LogP contribution < -0.4 is 5.32 Å². The maximum atomic E-state index is 12.0. The summed E-state index contributed by atoms with van der Waals surface area (Å²) in [5.74, 6) is 0.949. The molecule has 1 fully saturated rings. The highest BCUT2D eigenvalue weighted by Crippen LogP contribution is 2.31. The lowest BCUT2D eigenvalue weighted by Gasteiger charge is -2.05. The van der Waals surface area contributed by atoms with E-state index in [-0.39, 0.29) is 11.8 Å². The first-order valence-electron chi connectivity index (χ1n) is 6.94. The normalized spacial score (nSPS) is 14.5. The Kier molecular flexibility index (Phi) is 2.78. The third kappa shape index (κ3) is 2.31. The molecular weight excluding hydrogens is 284 g/mol. The van der Waals surface area contributed by atoms with E-state index in [2.05, 4.69) is 15.4 Å². The van der Waals surface area contributed by atoms with E-state index in [9.17, 15) is 4.79 Å². The van der Waals surface area contributed by atoms with Crippen LogP contribution in [0.5, 0.6) is 0 Å². The minimum absolute atomic E-state index is 0.0808. The van der Waals surface area contributed by atoms with Crippen LogP contribution >= 0.6 is 11.3 Å². The number of rotatable bonds is 3. The van der Waals surface area contributed by atoms with E-state index in [1.165, 1.54) is 0 Å². The fourth-order valence-electron chi connectivity index (χ4n) is 2.26. The minimum atomic E-state index is 0.0808. The average Bonchev–Trinajstić information content (AvgIpc) is 3.13. The predicted octanol–water partition coefficient (Wildman–Crippen LogP) is 3.14. The maximum absolute atomic E-state index is 12.0. The fraction of sp³-hybridized carbons (Fsp3) is 0.267. The molecule has 0 unspecified atom stereocenters. The second-order valence-electron chi connectivity index (χ2n) is 5.31. The van der Waals surface area contributed by atoms with Crippen molar-refractivity contribution in [3.63, 3.8) is 0 Å². The molecule has 0 atom stereocenters. The number of nitrogens with zero attached hydrogens (tertiary/aromatic N) is 3. The Morgan fingerprint density at radius 2 is 2.19 bits per heavy atom. The zero-order valence-corrected chi connectivity index (χ0v) is 12.4. The molecule has 3 aromatic rings. The standard InChI is InChI=1S/C15H14N4OS/c1-9-8-13(17-14(20)10-6-7-10)19(18-9)15-16-11-4-2-3-5-12(11)21-15/h2-5,8,10H,6-7H2,1H3,(H,17,20). The molecule has 106 valence electrons. The summed E-state index contributed by atoms with van der Waals surface area (Å²) in [6.07, 6.45) is 1.97. The number of carbonyl (C=O) groups excluding carboxylic acids is 1. The monoisotopic (exact) mass is 298 g/mol. The van der Waals surface area contributed by atoms with Gasteiger partial charge in [0.05, 0.1) is 15.9 Å². The van der Waals surface area contributed by atoms with E-state index in [1.54, 1.807) is 16.0 Å². The fourth-order valence-corrected chi connectivity index (χ4v) is 3.19. The molecule has 0 aliphatic heterocycles. The molecule has 0 radical (unpaired) electrons. The third-order valence-corrected chi connectivity index (χ3v) is 4.51. The van der Waals surface area contributed by atoms with Crippen molar-refractivity contribution < 1.29 is 4.79 Å². The molecule has 1 aliphatic rings.